The van der Waals surface area contributed by atoms with Crippen molar-refractivity contribution in [3.05, 3.63) is 0 Å². The van der Waals surface area contributed by atoms with E-state index in [1.165, 1.54) is 30.8 Å². The van der Waals surface area contributed by atoms with Gasteiger partial charge in [-0.2, -0.15) is 11.8 Å². The summed E-state index contributed by atoms with van der Waals surface area (Å²) in [5.41, 5.74) is 5.78. The van der Waals surface area contributed by atoms with Gasteiger partial charge in [0.15, 0.2) is 0 Å². The van der Waals surface area contributed by atoms with Crippen LogP contribution in [0.25, 0.3) is 0 Å². The predicted molar refractivity (Wildman–Crippen MR) is 50.7 cm³/mol. The smallest absolute Gasteiger partial charge is 0.00279 e. The monoisotopic (exact) mass is 171 g/mol. The van der Waals surface area contributed by atoms with Crippen molar-refractivity contribution in [3.8, 4) is 0 Å². The molecule has 2 aliphatic rings. The molecule has 0 aromatic carbocycles. The largest absolute Gasteiger partial charge is 0.330 e. The number of nitrogens with two attached hydrogens (primary N) is 1. The Kier molecular flexibility index (Phi) is 2.42. The molecule has 0 amide bonds. The van der Waals surface area contributed by atoms with E-state index in [1.807, 2.05) is 0 Å². The molecule has 0 bridgehead atoms. The second-order valence-corrected chi connectivity index (χ2v) is 4.96. The Bertz CT molecular complexity index is 116. The second kappa shape index (κ2) is 3.36. The lowest BCUT2D eigenvalue weighted by molar-refractivity contribution is 0.165. The molecule has 1 atom stereocenters. The molecule has 2 N–H and O–H groups in total. The molecular weight excluding hydrogens is 154 g/mol. The van der Waals surface area contributed by atoms with Gasteiger partial charge in [0.1, 0.15) is 0 Å². The zero-order valence-electron chi connectivity index (χ0n) is 6.96. The van der Waals surface area contributed by atoms with E-state index in [2.05, 4.69) is 11.8 Å². The van der Waals surface area contributed by atoms with Crippen molar-refractivity contribution >= 4 is 11.8 Å². The van der Waals surface area contributed by atoms with Gasteiger partial charge in [0.2, 0.25) is 0 Å². The summed E-state index contributed by atoms with van der Waals surface area (Å²) < 4.78 is 0. The van der Waals surface area contributed by atoms with Crippen LogP contribution in [0.1, 0.15) is 19.3 Å². The number of rotatable bonds is 3. The quantitative estimate of drug-likeness (QED) is 0.700. The Morgan fingerprint density at radius 3 is 2.27 bits per heavy atom. The summed E-state index contributed by atoms with van der Waals surface area (Å²) in [6, 6.07) is 0. The van der Waals surface area contributed by atoms with E-state index in [9.17, 15) is 0 Å². The fraction of sp³-hybridized carbons (Fsp3) is 1.00. The number of hydrogen-bond donors (Lipinski definition) is 1. The first kappa shape index (κ1) is 7.93. The molecule has 1 saturated heterocycles. The first-order chi connectivity index (χ1) is 5.42. The van der Waals surface area contributed by atoms with Crippen LogP contribution in [0.4, 0.5) is 0 Å². The van der Waals surface area contributed by atoms with E-state index >= 15 is 0 Å². The lowest BCUT2D eigenvalue weighted by atomic mass is 9.71. The van der Waals surface area contributed by atoms with E-state index in [0.717, 1.165) is 24.3 Å². The number of thioether (sulfide) groups is 1. The van der Waals surface area contributed by atoms with Gasteiger partial charge in [0.05, 0.1) is 0 Å². The van der Waals surface area contributed by atoms with Gasteiger partial charge in [-0.1, -0.05) is 19.3 Å². The van der Waals surface area contributed by atoms with E-state index in [4.69, 9.17) is 5.73 Å². The van der Waals surface area contributed by atoms with Crippen molar-refractivity contribution in [2.45, 2.75) is 19.3 Å². The van der Waals surface area contributed by atoms with Gasteiger partial charge in [-0.3, -0.25) is 0 Å². The zero-order valence-corrected chi connectivity index (χ0v) is 7.78. The van der Waals surface area contributed by atoms with Crippen LogP contribution in [-0.4, -0.2) is 18.1 Å². The van der Waals surface area contributed by atoms with Crippen LogP contribution >= 0.6 is 11.8 Å². The third-order valence-electron chi connectivity index (χ3n) is 3.30. The maximum atomic E-state index is 5.78. The fourth-order valence-corrected chi connectivity index (χ4v) is 3.14. The van der Waals surface area contributed by atoms with Gasteiger partial charge in [0, 0.05) is 0 Å². The van der Waals surface area contributed by atoms with E-state index in [-0.39, 0.29) is 0 Å². The highest BCUT2D eigenvalue weighted by atomic mass is 32.2. The molecule has 1 heterocycles. The summed E-state index contributed by atoms with van der Waals surface area (Å²) in [5, 5.41) is 0. The molecule has 2 fully saturated rings. The molecule has 0 radical (unpaired) electrons. The molecule has 1 nitrogen and oxygen atoms in total. The summed E-state index contributed by atoms with van der Waals surface area (Å²) in [4.78, 5) is 0. The van der Waals surface area contributed by atoms with Crippen molar-refractivity contribution in [3.63, 3.8) is 0 Å². The molecular formula is C9H17NS. The van der Waals surface area contributed by atoms with Crippen molar-refractivity contribution in [2.24, 2.45) is 23.5 Å². The average Bonchev–Trinajstić information content (AvgIpc) is 1.78. The molecule has 11 heavy (non-hydrogen) atoms. The van der Waals surface area contributed by atoms with Gasteiger partial charge in [-0.05, 0) is 35.8 Å². The highest BCUT2D eigenvalue weighted by molar-refractivity contribution is 8.00. The third-order valence-corrected chi connectivity index (χ3v) is 4.62. The first-order valence-electron chi connectivity index (χ1n) is 4.69. The van der Waals surface area contributed by atoms with Crippen molar-refractivity contribution < 1.29 is 0 Å². The van der Waals surface area contributed by atoms with Gasteiger partial charge in [0.25, 0.3) is 0 Å². The third kappa shape index (κ3) is 1.43. The Hall–Kier alpha value is 0.310. The lowest BCUT2D eigenvalue weighted by Gasteiger charge is -2.41. The minimum atomic E-state index is 0.880. The Morgan fingerprint density at radius 1 is 1.27 bits per heavy atom. The van der Waals surface area contributed by atoms with Crippen molar-refractivity contribution in [1.29, 1.82) is 0 Å². The van der Waals surface area contributed by atoms with Crippen LogP contribution in [0.3, 0.4) is 0 Å². The van der Waals surface area contributed by atoms with Gasteiger partial charge >= 0.3 is 0 Å². The lowest BCUT2D eigenvalue weighted by Crippen LogP contribution is -2.39. The first-order valence-corrected chi connectivity index (χ1v) is 5.85. The molecule has 0 aromatic rings. The van der Waals surface area contributed by atoms with Crippen LogP contribution in [0.5, 0.6) is 0 Å². The highest BCUT2D eigenvalue weighted by Gasteiger charge is 2.35. The van der Waals surface area contributed by atoms with E-state index < -0.39 is 0 Å². The van der Waals surface area contributed by atoms with Crippen LogP contribution in [0.15, 0.2) is 0 Å². The van der Waals surface area contributed by atoms with Crippen LogP contribution in [-0.2, 0) is 0 Å². The fourth-order valence-electron chi connectivity index (χ4n) is 2.14. The highest BCUT2D eigenvalue weighted by Crippen LogP contribution is 2.42. The predicted octanol–water partition coefficient (Wildman–Crippen LogP) is 1.72. The van der Waals surface area contributed by atoms with Crippen LogP contribution in [0.2, 0.25) is 0 Å². The average molecular weight is 171 g/mol. The molecule has 1 aliphatic carbocycles. The SMILES string of the molecule is NCC(C1CCC1)C1CSC1. The van der Waals surface area contributed by atoms with Crippen LogP contribution in [0, 0.1) is 17.8 Å². The summed E-state index contributed by atoms with van der Waals surface area (Å²) in [6.07, 6.45) is 4.38. The molecule has 0 aromatic heterocycles. The minimum Gasteiger partial charge on any atom is -0.330 e. The summed E-state index contributed by atoms with van der Waals surface area (Å²) in [6.45, 7) is 0.940. The Morgan fingerprint density at radius 2 is 2.00 bits per heavy atom. The standard InChI is InChI=1S/C9H17NS/c10-4-9(7-2-1-3-7)8-5-11-6-8/h7-9H,1-6,10H2. The van der Waals surface area contributed by atoms with Crippen LogP contribution < -0.4 is 5.73 Å². The molecule has 2 heteroatoms. The maximum Gasteiger partial charge on any atom is -0.00279 e. The topological polar surface area (TPSA) is 26.0 Å². The van der Waals surface area contributed by atoms with Gasteiger partial charge in [-0.25, -0.2) is 0 Å². The normalized spacial score (nSPS) is 29.2. The maximum absolute atomic E-state index is 5.78. The summed E-state index contributed by atoms with van der Waals surface area (Å²) in [7, 11) is 0. The second-order valence-electron chi connectivity index (χ2n) is 3.89. The Labute approximate surface area is 73.1 Å². The number of hydrogen-bond acceptors (Lipinski definition) is 2. The van der Waals surface area contributed by atoms with Crippen molar-refractivity contribution in [1.82, 2.24) is 0 Å². The van der Waals surface area contributed by atoms with Gasteiger partial charge in [-0.15, -0.1) is 0 Å². The van der Waals surface area contributed by atoms with E-state index in [0.29, 0.717) is 0 Å². The molecule has 0 spiro atoms. The molecule has 2 rings (SSSR count). The molecule has 1 unspecified atom stereocenters. The van der Waals surface area contributed by atoms with Crippen molar-refractivity contribution in [2.75, 3.05) is 18.1 Å². The van der Waals surface area contributed by atoms with Gasteiger partial charge < -0.3 is 5.73 Å². The molecule has 64 valence electrons. The molecule has 1 saturated carbocycles. The zero-order chi connectivity index (χ0) is 7.68. The van der Waals surface area contributed by atoms with E-state index in [1.54, 1.807) is 0 Å². The Balaban J connectivity index is 1.83. The molecule has 1 aliphatic heterocycles. The minimum absolute atomic E-state index is 0.880. The summed E-state index contributed by atoms with van der Waals surface area (Å²) >= 11 is 2.09. The summed E-state index contributed by atoms with van der Waals surface area (Å²) in [5.74, 6) is 5.64.